The van der Waals surface area contributed by atoms with Crippen LogP contribution in [0.1, 0.15) is 34.6 Å². The molecule has 2 nitrogen and oxygen atoms in total. The van der Waals surface area contributed by atoms with Crippen molar-refractivity contribution in [3.63, 3.8) is 0 Å². The van der Waals surface area contributed by atoms with Crippen molar-refractivity contribution >= 4 is 17.1 Å². The van der Waals surface area contributed by atoms with Gasteiger partial charge in [-0.3, -0.25) is 4.79 Å². The van der Waals surface area contributed by atoms with Crippen LogP contribution in [0.5, 0.6) is 5.75 Å². The Balaban J connectivity index is 2.29. The molecule has 0 radical (unpaired) electrons. The highest BCUT2D eigenvalue weighted by molar-refractivity contribution is 7.10. The maximum atomic E-state index is 12.3. The van der Waals surface area contributed by atoms with Crippen LogP contribution in [0.25, 0.3) is 0 Å². The lowest BCUT2D eigenvalue weighted by atomic mass is 10.0. The number of hydrogen-bond acceptors (Lipinski definition) is 3. The van der Waals surface area contributed by atoms with Gasteiger partial charge in [0, 0.05) is 16.0 Å². The van der Waals surface area contributed by atoms with Crippen LogP contribution in [0.2, 0.25) is 0 Å². The maximum absolute atomic E-state index is 12.3. The van der Waals surface area contributed by atoms with Crippen molar-refractivity contribution in [2.45, 2.75) is 26.9 Å². The fourth-order valence-electron chi connectivity index (χ4n) is 1.76. The van der Waals surface area contributed by atoms with E-state index in [2.05, 4.69) is 0 Å². The SMILES string of the molecule is Cc1sccc1C(=O)c1cccc(OC(C)C)c1. The van der Waals surface area contributed by atoms with Crippen molar-refractivity contribution in [1.82, 2.24) is 0 Å². The number of aryl methyl sites for hydroxylation is 1. The minimum Gasteiger partial charge on any atom is -0.491 e. The Morgan fingerprint density at radius 2 is 2.06 bits per heavy atom. The Bertz CT molecular complexity index is 555. The Morgan fingerprint density at radius 1 is 1.28 bits per heavy atom. The number of hydrogen-bond donors (Lipinski definition) is 0. The Hall–Kier alpha value is -1.61. The predicted molar refractivity (Wildman–Crippen MR) is 74.7 cm³/mol. The summed E-state index contributed by atoms with van der Waals surface area (Å²) in [7, 11) is 0. The zero-order valence-electron chi connectivity index (χ0n) is 10.8. The van der Waals surface area contributed by atoms with E-state index in [0.29, 0.717) is 5.56 Å². The van der Waals surface area contributed by atoms with Gasteiger partial charge < -0.3 is 4.74 Å². The van der Waals surface area contributed by atoms with Gasteiger partial charge in [0.05, 0.1) is 6.10 Å². The molecule has 0 saturated carbocycles. The molecule has 0 atom stereocenters. The quantitative estimate of drug-likeness (QED) is 0.774. The summed E-state index contributed by atoms with van der Waals surface area (Å²) in [5.74, 6) is 0.798. The van der Waals surface area contributed by atoms with E-state index in [0.717, 1.165) is 16.2 Å². The highest BCUT2D eigenvalue weighted by Crippen LogP contribution is 2.22. The lowest BCUT2D eigenvalue weighted by molar-refractivity contribution is 0.103. The first-order valence-corrected chi connectivity index (χ1v) is 6.81. The second-order valence-corrected chi connectivity index (χ2v) is 5.53. The molecule has 2 rings (SSSR count). The van der Waals surface area contributed by atoms with E-state index >= 15 is 0 Å². The molecule has 0 N–H and O–H groups in total. The lowest BCUT2D eigenvalue weighted by Gasteiger charge is -2.10. The van der Waals surface area contributed by atoms with Gasteiger partial charge in [-0.2, -0.15) is 0 Å². The van der Waals surface area contributed by atoms with Crippen molar-refractivity contribution in [3.8, 4) is 5.75 Å². The van der Waals surface area contributed by atoms with Gasteiger partial charge in [-0.15, -0.1) is 11.3 Å². The molecule has 0 bridgehead atoms. The van der Waals surface area contributed by atoms with Crippen LogP contribution in [-0.4, -0.2) is 11.9 Å². The van der Waals surface area contributed by atoms with E-state index in [9.17, 15) is 4.79 Å². The summed E-state index contributed by atoms with van der Waals surface area (Å²) < 4.78 is 5.60. The normalized spacial score (nSPS) is 10.7. The van der Waals surface area contributed by atoms with Gasteiger partial charge in [-0.1, -0.05) is 12.1 Å². The number of carbonyl (C=O) groups is 1. The maximum Gasteiger partial charge on any atom is 0.194 e. The largest absolute Gasteiger partial charge is 0.491 e. The molecule has 0 unspecified atom stereocenters. The summed E-state index contributed by atoms with van der Waals surface area (Å²) in [6.07, 6.45) is 0.109. The summed E-state index contributed by atoms with van der Waals surface area (Å²) in [6.45, 7) is 5.90. The number of ether oxygens (including phenoxy) is 1. The molecule has 3 heteroatoms. The van der Waals surface area contributed by atoms with Gasteiger partial charge in [-0.05, 0) is 44.4 Å². The number of benzene rings is 1. The zero-order chi connectivity index (χ0) is 13.1. The molecule has 0 saturated heterocycles. The zero-order valence-corrected chi connectivity index (χ0v) is 11.6. The van der Waals surface area contributed by atoms with Gasteiger partial charge in [-0.25, -0.2) is 0 Å². The number of thiophene rings is 1. The molecule has 18 heavy (non-hydrogen) atoms. The van der Waals surface area contributed by atoms with Crippen LogP contribution in [0, 0.1) is 6.92 Å². The first-order valence-electron chi connectivity index (χ1n) is 5.93. The number of ketones is 1. The Kier molecular flexibility index (Phi) is 3.82. The highest BCUT2D eigenvalue weighted by Gasteiger charge is 2.13. The predicted octanol–water partition coefficient (Wildman–Crippen LogP) is 4.07. The van der Waals surface area contributed by atoms with Crippen LogP contribution in [0.3, 0.4) is 0 Å². The van der Waals surface area contributed by atoms with Crippen molar-refractivity contribution in [2.24, 2.45) is 0 Å². The monoisotopic (exact) mass is 260 g/mol. The third-order valence-corrected chi connectivity index (χ3v) is 3.42. The highest BCUT2D eigenvalue weighted by atomic mass is 32.1. The van der Waals surface area contributed by atoms with Crippen LogP contribution >= 0.6 is 11.3 Å². The van der Waals surface area contributed by atoms with E-state index in [-0.39, 0.29) is 11.9 Å². The summed E-state index contributed by atoms with van der Waals surface area (Å²) in [5, 5.41) is 1.94. The number of rotatable bonds is 4. The topological polar surface area (TPSA) is 26.3 Å². The molecule has 1 aromatic carbocycles. The van der Waals surface area contributed by atoms with E-state index in [1.54, 1.807) is 17.4 Å². The standard InChI is InChI=1S/C15H16O2S/c1-10(2)17-13-6-4-5-12(9-13)15(16)14-7-8-18-11(14)3/h4-10H,1-3H3. The van der Waals surface area contributed by atoms with Crippen molar-refractivity contribution in [1.29, 1.82) is 0 Å². The first-order chi connectivity index (χ1) is 8.58. The van der Waals surface area contributed by atoms with E-state index in [1.807, 2.05) is 50.4 Å². The molecular formula is C15H16O2S. The summed E-state index contributed by atoms with van der Waals surface area (Å²) >= 11 is 1.59. The Morgan fingerprint density at radius 3 is 2.67 bits per heavy atom. The summed E-state index contributed by atoms with van der Waals surface area (Å²) in [4.78, 5) is 13.4. The molecule has 0 fully saturated rings. The van der Waals surface area contributed by atoms with Gasteiger partial charge in [0.1, 0.15) is 5.75 Å². The second-order valence-electron chi connectivity index (χ2n) is 4.41. The molecule has 1 heterocycles. The summed E-state index contributed by atoms with van der Waals surface area (Å²) in [5.41, 5.74) is 1.45. The van der Waals surface area contributed by atoms with Crippen molar-refractivity contribution in [3.05, 3.63) is 51.7 Å². The first kappa shape index (κ1) is 12.8. The number of carbonyl (C=O) groups excluding carboxylic acids is 1. The molecule has 0 aliphatic carbocycles. The van der Waals surface area contributed by atoms with Crippen LogP contribution in [-0.2, 0) is 0 Å². The minimum atomic E-state index is 0.0583. The molecular weight excluding hydrogens is 244 g/mol. The third-order valence-electron chi connectivity index (χ3n) is 2.57. The molecule has 0 aliphatic heterocycles. The average Bonchev–Trinajstić information content (AvgIpc) is 2.74. The second kappa shape index (κ2) is 5.36. The molecule has 2 aromatic rings. The van der Waals surface area contributed by atoms with E-state index in [4.69, 9.17) is 4.74 Å². The van der Waals surface area contributed by atoms with Gasteiger partial charge in [0.25, 0.3) is 0 Å². The average molecular weight is 260 g/mol. The van der Waals surface area contributed by atoms with Gasteiger partial charge >= 0.3 is 0 Å². The molecule has 0 aliphatic rings. The van der Waals surface area contributed by atoms with Crippen LogP contribution in [0.4, 0.5) is 0 Å². The molecule has 0 spiro atoms. The van der Waals surface area contributed by atoms with Gasteiger partial charge in [0.2, 0.25) is 0 Å². The minimum absolute atomic E-state index is 0.0583. The smallest absolute Gasteiger partial charge is 0.194 e. The molecule has 94 valence electrons. The van der Waals surface area contributed by atoms with Crippen molar-refractivity contribution < 1.29 is 9.53 Å². The van der Waals surface area contributed by atoms with Crippen LogP contribution in [0.15, 0.2) is 35.7 Å². The van der Waals surface area contributed by atoms with Crippen molar-refractivity contribution in [2.75, 3.05) is 0 Å². The fraction of sp³-hybridized carbons (Fsp3) is 0.267. The Labute approximate surface area is 111 Å². The lowest BCUT2D eigenvalue weighted by Crippen LogP contribution is -2.07. The van der Waals surface area contributed by atoms with E-state index in [1.165, 1.54) is 0 Å². The van der Waals surface area contributed by atoms with Gasteiger partial charge in [0.15, 0.2) is 5.78 Å². The fourth-order valence-corrected chi connectivity index (χ4v) is 2.45. The van der Waals surface area contributed by atoms with Crippen LogP contribution < -0.4 is 4.74 Å². The molecule has 1 aromatic heterocycles. The molecule has 0 amide bonds. The van der Waals surface area contributed by atoms with E-state index < -0.39 is 0 Å². The summed E-state index contributed by atoms with van der Waals surface area (Å²) in [6, 6.07) is 9.23. The third kappa shape index (κ3) is 2.79.